The number of hydrogen-bond donors (Lipinski definition) is 1. The summed E-state index contributed by atoms with van der Waals surface area (Å²) in [5, 5.41) is 11.6. The molecular weight excluding hydrogens is 270 g/mol. The van der Waals surface area contributed by atoms with Gasteiger partial charge in [0.2, 0.25) is 0 Å². The van der Waals surface area contributed by atoms with Gasteiger partial charge in [-0.2, -0.15) is 0 Å². The highest BCUT2D eigenvalue weighted by molar-refractivity contribution is 5.89. The van der Waals surface area contributed by atoms with Crippen molar-refractivity contribution in [1.29, 1.82) is 0 Å². The van der Waals surface area contributed by atoms with Crippen molar-refractivity contribution < 1.29 is 19.5 Å². The fraction of sp³-hybridized carbons (Fsp3) is 0.500. The van der Waals surface area contributed by atoms with Gasteiger partial charge in [0.05, 0.1) is 31.5 Å². The molecule has 0 spiro atoms. The fourth-order valence-corrected chi connectivity index (χ4v) is 2.13. The molecule has 0 amide bonds. The topological polar surface area (TPSA) is 68.1 Å². The third kappa shape index (κ3) is 5.95. The maximum Gasteiger partial charge on any atom is 0.314 e. The molecule has 2 atom stereocenters. The second kappa shape index (κ2) is 9.13. The summed E-state index contributed by atoms with van der Waals surface area (Å²) in [6.45, 7) is 3.95. The molecule has 0 saturated carbocycles. The Morgan fingerprint density at radius 1 is 1.29 bits per heavy atom. The van der Waals surface area contributed by atoms with Crippen LogP contribution in [0, 0.1) is 5.92 Å². The van der Waals surface area contributed by atoms with Crippen LogP contribution in [0.15, 0.2) is 35.5 Å². The molecule has 5 nitrogen and oxygen atoms in total. The van der Waals surface area contributed by atoms with Gasteiger partial charge in [0, 0.05) is 0 Å². The van der Waals surface area contributed by atoms with Crippen molar-refractivity contribution in [2.45, 2.75) is 38.9 Å². The van der Waals surface area contributed by atoms with E-state index in [1.807, 2.05) is 44.2 Å². The van der Waals surface area contributed by atoms with E-state index >= 15 is 0 Å². The van der Waals surface area contributed by atoms with E-state index in [1.165, 1.54) is 13.3 Å². The summed E-state index contributed by atoms with van der Waals surface area (Å²) in [5.74, 6) is -0.980. The molecular formula is C16H23NO4. The Labute approximate surface area is 125 Å². The average Bonchev–Trinajstić information content (AvgIpc) is 2.49. The molecule has 0 heterocycles. The van der Waals surface area contributed by atoms with Gasteiger partial charge in [-0.1, -0.05) is 30.3 Å². The van der Waals surface area contributed by atoms with Gasteiger partial charge in [-0.05, 0) is 32.3 Å². The number of hydrogen-bond acceptors (Lipinski definition) is 5. The van der Waals surface area contributed by atoms with Crippen molar-refractivity contribution in [3.63, 3.8) is 0 Å². The second-order valence-corrected chi connectivity index (χ2v) is 5.06. The summed E-state index contributed by atoms with van der Waals surface area (Å²) in [4.78, 5) is 11.6. The first kappa shape index (κ1) is 17.2. The summed E-state index contributed by atoms with van der Waals surface area (Å²) >= 11 is 0. The molecule has 2 unspecified atom stereocenters. The smallest absolute Gasteiger partial charge is 0.314 e. The van der Waals surface area contributed by atoms with E-state index in [2.05, 4.69) is 5.16 Å². The largest absolute Gasteiger partial charge is 0.469 e. The van der Waals surface area contributed by atoms with Crippen molar-refractivity contribution in [2.75, 3.05) is 7.11 Å². The zero-order valence-corrected chi connectivity index (χ0v) is 12.7. The van der Waals surface area contributed by atoms with Gasteiger partial charge < -0.3 is 14.7 Å². The van der Waals surface area contributed by atoms with E-state index in [0.29, 0.717) is 12.8 Å². The summed E-state index contributed by atoms with van der Waals surface area (Å²) in [6, 6.07) is 9.87. The number of benzene rings is 1. The van der Waals surface area contributed by atoms with Crippen LogP contribution in [-0.4, -0.2) is 30.6 Å². The second-order valence-electron chi connectivity index (χ2n) is 5.06. The van der Waals surface area contributed by atoms with Crippen LogP contribution in [0.5, 0.6) is 0 Å². The predicted molar refractivity (Wildman–Crippen MR) is 80.4 cm³/mol. The van der Waals surface area contributed by atoms with Crippen LogP contribution in [0.25, 0.3) is 0 Å². The van der Waals surface area contributed by atoms with Crippen LogP contribution in [0.4, 0.5) is 0 Å². The van der Waals surface area contributed by atoms with Crippen molar-refractivity contribution in [2.24, 2.45) is 11.1 Å². The lowest BCUT2D eigenvalue weighted by Crippen LogP contribution is -2.20. The fourth-order valence-electron chi connectivity index (χ4n) is 2.13. The molecule has 0 aliphatic rings. The monoisotopic (exact) mass is 293 g/mol. The zero-order chi connectivity index (χ0) is 15.7. The number of carbonyl (C=O) groups excluding carboxylic acids is 1. The maximum absolute atomic E-state index is 11.6. The van der Waals surface area contributed by atoms with Crippen molar-refractivity contribution >= 4 is 12.2 Å². The number of oxime groups is 1. The van der Waals surface area contributed by atoms with Gasteiger partial charge in [-0.25, -0.2) is 0 Å². The number of rotatable bonds is 8. The van der Waals surface area contributed by atoms with Crippen LogP contribution in [0.2, 0.25) is 0 Å². The lowest BCUT2D eigenvalue weighted by molar-refractivity contribution is -0.143. The Bertz CT molecular complexity index is 445. The number of ether oxygens (including phenoxy) is 2. The van der Waals surface area contributed by atoms with Crippen molar-refractivity contribution in [3.8, 4) is 0 Å². The van der Waals surface area contributed by atoms with Crippen molar-refractivity contribution in [1.82, 2.24) is 0 Å². The molecule has 1 rings (SSSR count). The van der Waals surface area contributed by atoms with E-state index in [1.54, 1.807) is 0 Å². The van der Waals surface area contributed by atoms with Gasteiger partial charge in [0.25, 0.3) is 0 Å². The Hall–Kier alpha value is -1.88. The molecule has 21 heavy (non-hydrogen) atoms. The Morgan fingerprint density at radius 2 is 1.95 bits per heavy atom. The van der Waals surface area contributed by atoms with Gasteiger partial charge >= 0.3 is 5.97 Å². The molecule has 0 saturated heterocycles. The molecule has 0 aliphatic carbocycles. The minimum atomic E-state index is -0.568. The van der Waals surface area contributed by atoms with E-state index in [9.17, 15) is 4.79 Å². The molecule has 0 radical (unpaired) electrons. The summed E-state index contributed by atoms with van der Waals surface area (Å²) in [5.41, 5.74) is 1.07. The number of esters is 1. The van der Waals surface area contributed by atoms with Gasteiger partial charge in [0.1, 0.15) is 0 Å². The quantitative estimate of drug-likeness (QED) is 0.346. The van der Waals surface area contributed by atoms with Gasteiger partial charge in [0.15, 0.2) is 0 Å². The van der Waals surface area contributed by atoms with E-state index in [-0.39, 0.29) is 12.2 Å². The first-order chi connectivity index (χ1) is 10.1. The molecule has 0 aliphatic heterocycles. The normalized spacial score (nSPS) is 14.3. The molecule has 1 aromatic carbocycles. The average molecular weight is 293 g/mol. The zero-order valence-electron chi connectivity index (χ0n) is 12.7. The lowest BCUT2D eigenvalue weighted by atomic mass is 9.98. The Balaban J connectivity index is 2.74. The molecule has 5 heteroatoms. The number of methoxy groups -OCH3 is 1. The number of nitrogens with zero attached hydrogens (tertiary/aromatic N) is 1. The highest BCUT2D eigenvalue weighted by Crippen LogP contribution is 2.26. The van der Waals surface area contributed by atoms with E-state index in [4.69, 9.17) is 14.7 Å². The first-order valence-corrected chi connectivity index (χ1v) is 7.04. The molecule has 0 aromatic heterocycles. The van der Waals surface area contributed by atoms with E-state index in [0.717, 1.165) is 5.56 Å². The highest BCUT2D eigenvalue weighted by Gasteiger charge is 2.21. The van der Waals surface area contributed by atoms with Crippen molar-refractivity contribution in [3.05, 3.63) is 35.9 Å². The third-order valence-corrected chi connectivity index (χ3v) is 3.10. The third-order valence-electron chi connectivity index (χ3n) is 3.10. The molecule has 1 N–H and O–H groups in total. The maximum atomic E-state index is 11.6. The van der Waals surface area contributed by atoms with Gasteiger partial charge in [-0.3, -0.25) is 4.79 Å². The summed E-state index contributed by atoms with van der Waals surface area (Å²) in [6.07, 6.45) is 2.30. The Morgan fingerprint density at radius 3 is 2.48 bits per heavy atom. The predicted octanol–water partition coefficient (Wildman–Crippen LogP) is 3.18. The molecule has 0 bridgehead atoms. The SMILES string of the molecule is COC(=O)C(/C=N\O)CCC(OC(C)C)c1ccccc1. The van der Waals surface area contributed by atoms with E-state index < -0.39 is 11.9 Å². The molecule has 1 aromatic rings. The summed E-state index contributed by atoms with van der Waals surface area (Å²) < 4.78 is 10.6. The van der Waals surface area contributed by atoms with Crippen LogP contribution >= 0.6 is 0 Å². The highest BCUT2D eigenvalue weighted by atomic mass is 16.5. The Kier molecular flexibility index (Phi) is 7.46. The summed E-state index contributed by atoms with van der Waals surface area (Å²) in [7, 11) is 1.32. The van der Waals surface area contributed by atoms with Crippen LogP contribution < -0.4 is 0 Å². The number of carbonyl (C=O) groups is 1. The molecule has 116 valence electrons. The minimum absolute atomic E-state index is 0.0818. The van der Waals surface area contributed by atoms with Crippen LogP contribution in [0.3, 0.4) is 0 Å². The minimum Gasteiger partial charge on any atom is -0.469 e. The van der Waals surface area contributed by atoms with Gasteiger partial charge in [-0.15, -0.1) is 5.16 Å². The van der Waals surface area contributed by atoms with Crippen LogP contribution in [-0.2, 0) is 14.3 Å². The lowest BCUT2D eigenvalue weighted by Gasteiger charge is -2.22. The standard InChI is InChI=1S/C16H23NO4/c1-12(2)21-15(13-7-5-4-6-8-13)10-9-14(11-17-19)16(18)20-3/h4-8,11-12,14-15,19H,9-10H2,1-3H3/b17-11-. The molecule has 0 fully saturated rings. The van der Waals surface area contributed by atoms with Crippen LogP contribution in [0.1, 0.15) is 38.4 Å². The first-order valence-electron chi connectivity index (χ1n) is 7.04.